The molecule has 1 aromatic carbocycles. The maximum atomic E-state index is 13.8. The lowest BCUT2D eigenvalue weighted by Crippen LogP contribution is -2.06. The topological polar surface area (TPSA) is 76.5 Å². The van der Waals surface area contributed by atoms with Gasteiger partial charge in [0, 0.05) is 11.8 Å². The lowest BCUT2D eigenvalue weighted by molar-refractivity contribution is 0.0594. The summed E-state index contributed by atoms with van der Waals surface area (Å²) in [6, 6.07) is 6.83. The number of ether oxygens (including phenoxy) is 1. The Morgan fingerprint density at radius 3 is 2.65 bits per heavy atom. The Balaban J connectivity index is 2.53. The Bertz CT molecular complexity index is 685. The summed E-state index contributed by atoms with van der Waals surface area (Å²) in [5, 5.41) is 9.05. The number of carbonyl (C=O) groups excluding carboxylic acids is 1. The van der Waals surface area contributed by atoms with Gasteiger partial charge in [-0.1, -0.05) is 12.1 Å². The second-order valence-corrected chi connectivity index (χ2v) is 3.89. The molecule has 0 radical (unpaired) electrons. The monoisotopic (exact) mass is 275 g/mol. The van der Waals surface area contributed by atoms with Crippen LogP contribution in [0.3, 0.4) is 0 Å². The Labute approximate surface area is 113 Å². The number of pyridine rings is 1. The van der Waals surface area contributed by atoms with E-state index in [-0.39, 0.29) is 16.8 Å². The highest BCUT2D eigenvalue weighted by atomic mass is 19.1. The predicted molar refractivity (Wildman–Crippen MR) is 67.9 cm³/mol. The number of hydrogen-bond acceptors (Lipinski definition) is 4. The number of methoxy groups -OCH3 is 1. The zero-order valence-corrected chi connectivity index (χ0v) is 10.5. The van der Waals surface area contributed by atoms with Gasteiger partial charge in [-0.2, -0.15) is 0 Å². The molecular weight excluding hydrogens is 265 g/mol. The van der Waals surface area contributed by atoms with Crippen LogP contribution in [0.2, 0.25) is 0 Å². The lowest BCUT2D eigenvalue weighted by Gasteiger charge is -2.07. The van der Waals surface area contributed by atoms with Crippen LogP contribution in [0.5, 0.6) is 0 Å². The summed E-state index contributed by atoms with van der Waals surface area (Å²) in [6.45, 7) is 0. The van der Waals surface area contributed by atoms with Crippen molar-refractivity contribution in [1.82, 2.24) is 4.98 Å². The Hall–Kier alpha value is -2.76. The first kappa shape index (κ1) is 13.7. The molecule has 0 spiro atoms. The summed E-state index contributed by atoms with van der Waals surface area (Å²) >= 11 is 0. The van der Waals surface area contributed by atoms with E-state index in [9.17, 15) is 14.0 Å². The van der Waals surface area contributed by atoms with Crippen molar-refractivity contribution >= 4 is 11.9 Å². The van der Waals surface area contributed by atoms with E-state index in [2.05, 4.69) is 9.72 Å². The number of aromatic carboxylic acids is 1. The van der Waals surface area contributed by atoms with Crippen molar-refractivity contribution in [2.75, 3.05) is 7.11 Å². The molecule has 0 aliphatic heterocycles. The fourth-order valence-electron chi connectivity index (χ4n) is 1.77. The number of halogens is 1. The number of benzene rings is 1. The van der Waals surface area contributed by atoms with Crippen LogP contribution < -0.4 is 0 Å². The normalized spacial score (nSPS) is 10.1. The average Bonchev–Trinajstić information content (AvgIpc) is 2.46. The van der Waals surface area contributed by atoms with Gasteiger partial charge in [-0.25, -0.2) is 19.0 Å². The predicted octanol–water partition coefficient (Wildman–Crippen LogP) is 2.37. The second-order valence-electron chi connectivity index (χ2n) is 3.89. The van der Waals surface area contributed by atoms with Gasteiger partial charge in [0.2, 0.25) is 0 Å². The number of rotatable bonds is 3. The molecule has 1 N–H and O–H groups in total. The molecule has 6 heteroatoms. The molecule has 102 valence electrons. The maximum absolute atomic E-state index is 13.8. The van der Waals surface area contributed by atoms with Gasteiger partial charge in [-0.15, -0.1) is 0 Å². The van der Waals surface area contributed by atoms with Crippen LogP contribution >= 0.6 is 0 Å². The maximum Gasteiger partial charge on any atom is 0.355 e. The van der Waals surface area contributed by atoms with E-state index in [1.54, 1.807) is 6.07 Å². The highest BCUT2D eigenvalue weighted by Gasteiger charge is 2.16. The molecule has 0 amide bonds. The zero-order chi connectivity index (χ0) is 14.7. The largest absolute Gasteiger partial charge is 0.476 e. The Kier molecular flexibility index (Phi) is 3.74. The molecule has 2 rings (SSSR count). The van der Waals surface area contributed by atoms with Gasteiger partial charge in [0.1, 0.15) is 5.82 Å². The summed E-state index contributed by atoms with van der Waals surface area (Å²) in [5.74, 6) is -2.79. The zero-order valence-electron chi connectivity index (χ0n) is 10.5. The molecule has 0 fully saturated rings. The first-order chi connectivity index (χ1) is 9.54. The number of nitrogens with zero attached hydrogens (tertiary/aromatic N) is 1. The Morgan fingerprint density at radius 2 is 2.05 bits per heavy atom. The summed E-state index contributed by atoms with van der Waals surface area (Å²) in [6.07, 6.45) is 1.34. The molecule has 0 atom stereocenters. The Morgan fingerprint density at radius 1 is 1.30 bits per heavy atom. The second kappa shape index (κ2) is 5.48. The minimum absolute atomic E-state index is 0.183. The highest BCUT2D eigenvalue weighted by Crippen LogP contribution is 2.24. The van der Waals surface area contributed by atoms with Gasteiger partial charge in [-0.3, -0.25) is 0 Å². The fraction of sp³-hybridized carbons (Fsp3) is 0.0714. The molecule has 0 unspecified atom stereocenters. The average molecular weight is 275 g/mol. The molecule has 2 aromatic rings. The van der Waals surface area contributed by atoms with Crippen LogP contribution in [0.1, 0.15) is 20.8 Å². The van der Waals surface area contributed by atoms with Gasteiger partial charge in [0.15, 0.2) is 5.69 Å². The number of aromatic nitrogens is 1. The molecule has 1 heterocycles. The van der Waals surface area contributed by atoms with Gasteiger partial charge in [0.05, 0.1) is 12.7 Å². The van der Waals surface area contributed by atoms with Crippen molar-refractivity contribution in [2.24, 2.45) is 0 Å². The molecule has 0 aliphatic carbocycles. The van der Waals surface area contributed by atoms with Crippen LogP contribution in [0.15, 0.2) is 36.5 Å². The third kappa shape index (κ3) is 2.49. The van der Waals surface area contributed by atoms with Crippen molar-refractivity contribution in [2.45, 2.75) is 0 Å². The van der Waals surface area contributed by atoms with Crippen LogP contribution in [-0.4, -0.2) is 29.1 Å². The van der Waals surface area contributed by atoms with E-state index in [1.165, 1.54) is 24.4 Å². The number of carboxylic acids is 1. The molecule has 5 nitrogen and oxygen atoms in total. The highest BCUT2D eigenvalue weighted by molar-refractivity contribution is 5.95. The summed E-state index contributed by atoms with van der Waals surface area (Å²) < 4.78 is 18.3. The summed E-state index contributed by atoms with van der Waals surface area (Å²) in [5.41, 5.74) is 0.200. The van der Waals surface area contributed by atoms with E-state index >= 15 is 0 Å². The van der Waals surface area contributed by atoms with E-state index in [0.29, 0.717) is 5.56 Å². The van der Waals surface area contributed by atoms with Crippen molar-refractivity contribution in [3.63, 3.8) is 0 Å². The first-order valence-corrected chi connectivity index (χ1v) is 5.61. The summed E-state index contributed by atoms with van der Waals surface area (Å²) in [7, 11) is 1.15. The van der Waals surface area contributed by atoms with Crippen LogP contribution in [0.4, 0.5) is 4.39 Å². The van der Waals surface area contributed by atoms with Crippen LogP contribution in [0, 0.1) is 5.82 Å². The molecule has 0 saturated heterocycles. The third-order valence-electron chi connectivity index (χ3n) is 2.70. The number of hydrogen-bond donors (Lipinski definition) is 1. The molecule has 1 aromatic heterocycles. The van der Waals surface area contributed by atoms with E-state index in [1.807, 2.05) is 0 Å². The van der Waals surface area contributed by atoms with E-state index in [0.717, 1.165) is 13.2 Å². The lowest BCUT2D eigenvalue weighted by atomic mass is 10.0. The smallest absolute Gasteiger partial charge is 0.355 e. The van der Waals surface area contributed by atoms with Crippen molar-refractivity contribution in [3.8, 4) is 11.1 Å². The number of carboxylic acid groups (broad SMARTS) is 1. The van der Waals surface area contributed by atoms with E-state index in [4.69, 9.17) is 5.11 Å². The van der Waals surface area contributed by atoms with E-state index < -0.39 is 17.8 Å². The first-order valence-electron chi connectivity index (χ1n) is 5.61. The number of esters is 1. The molecule has 0 saturated carbocycles. The van der Waals surface area contributed by atoms with Crippen molar-refractivity contribution in [3.05, 3.63) is 53.6 Å². The molecular formula is C14H10FNO4. The number of carbonyl (C=O) groups is 2. The van der Waals surface area contributed by atoms with Crippen molar-refractivity contribution < 1.29 is 23.8 Å². The minimum Gasteiger partial charge on any atom is -0.476 e. The standard InChI is InChI=1S/C14H10FNO4/c1-20-14(19)10-5-4-8(7-11(10)15)9-3-2-6-16-12(9)13(17)18/h2-7H,1H3,(H,17,18). The molecule has 0 bridgehead atoms. The SMILES string of the molecule is COC(=O)c1ccc(-c2cccnc2C(=O)O)cc1F. The minimum atomic E-state index is -1.21. The summed E-state index contributed by atoms with van der Waals surface area (Å²) in [4.78, 5) is 26.1. The van der Waals surface area contributed by atoms with Crippen LogP contribution in [0.25, 0.3) is 11.1 Å². The van der Waals surface area contributed by atoms with Gasteiger partial charge >= 0.3 is 11.9 Å². The molecule has 0 aliphatic rings. The van der Waals surface area contributed by atoms with Gasteiger partial charge in [0.25, 0.3) is 0 Å². The fourth-order valence-corrected chi connectivity index (χ4v) is 1.77. The van der Waals surface area contributed by atoms with Gasteiger partial charge in [-0.05, 0) is 23.8 Å². The molecule has 20 heavy (non-hydrogen) atoms. The van der Waals surface area contributed by atoms with Crippen molar-refractivity contribution in [1.29, 1.82) is 0 Å². The quantitative estimate of drug-likeness (QED) is 0.870. The van der Waals surface area contributed by atoms with Gasteiger partial charge < -0.3 is 9.84 Å². The van der Waals surface area contributed by atoms with Crippen LogP contribution in [-0.2, 0) is 4.74 Å². The third-order valence-corrected chi connectivity index (χ3v) is 2.70.